The third kappa shape index (κ3) is 3.94. The fourth-order valence-corrected chi connectivity index (χ4v) is 3.21. The van der Waals surface area contributed by atoms with Gasteiger partial charge in [0, 0.05) is 12.0 Å². The van der Waals surface area contributed by atoms with E-state index in [0.717, 1.165) is 12.8 Å². The number of hydrogen-bond acceptors (Lipinski definition) is 3. The average Bonchev–Trinajstić information content (AvgIpc) is 2.28. The average molecular weight is 242 g/mol. The zero-order valence-electron chi connectivity index (χ0n) is 12.6. The van der Waals surface area contributed by atoms with Crippen molar-refractivity contribution < 1.29 is 4.74 Å². The van der Waals surface area contributed by atoms with Crippen molar-refractivity contribution in [1.82, 2.24) is 5.43 Å². The maximum absolute atomic E-state index is 6.15. The van der Waals surface area contributed by atoms with Crippen LogP contribution in [0, 0.1) is 11.3 Å². The van der Waals surface area contributed by atoms with Gasteiger partial charge in [0.15, 0.2) is 0 Å². The molecule has 102 valence electrons. The van der Waals surface area contributed by atoms with Crippen molar-refractivity contribution in [2.24, 2.45) is 17.2 Å². The first-order chi connectivity index (χ1) is 7.47. The SMILES string of the molecule is CC(C)(C)CC(NN)C1CC(C)(C)OC1(C)C. The lowest BCUT2D eigenvalue weighted by molar-refractivity contribution is -0.0787. The molecule has 3 N–H and O–H groups in total. The Morgan fingerprint density at radius 2 is 1.82 bits per heavy atom. The first-order valence-electron chi connectivity index (χ1n) is 6.63. The molecule has 0 aromatic rings. The molecule has 1 saturated heterocycles. The highest BCUT2D eigenvalue weighted by Crippen LogP contribution is 2.45. The van der Waals surface area contributed by atoms with Crippen LogP contribution in [0.15, 0.2) is 0 Å². The quantitative estimate of drug-likeness (QED) is 0.591. The molecule has 0 saturated carbocycles. The van der Waals surface area contributed by atoms with E-state index >= 15 is 0 Å². The summed E-state index contributed by atoms with van der Waals surface area (Å²) in [6.07, 6.45) is 2.13. The fraction of sp³-hybridized carbons (Fsp3) is 1.00. The van der Waals surface area contributed by atoms with Crippen molar-refractivity contribution in [2.45, 2.75) is 78.6 Å². The molecule has 1 heterocycles. The molecule has 1 aliphatic rings. The topological polar surface area (TPSA) is 47.3 Å². The van der Waals surface area contributed by atoms with Crippen LogP contribution in [-0.2, 0) is 4.74 Å². The molecular weight excluding hydrogens is 212 g/mol. The Balaban J connectivity index is 2.82. The summed E-state index contributed by atoms with van der Waals surface area (Å²) in [7, 11) is 0. The molecule has 3 nitrogen and oxygen atoms in total. The van der Waals surface area contributed by atoms with E-state index in [1.165, 1.54) is 0 Å². The van der Waals surface area contributed by atoms with E-state index in [1.807, 2.05) is 0 Å². The van der Waals surface area contributed by atoms with Gasteiger partial charge >= 0.3 is 0 Å². The molecule has 2 atom stereocenters. The van der Waals surface area contributed by atoms with Gasteiger partial charge in [-0.25, -0.2) is 0 Å². The smallest absolute Gasteiger partial charge is 0.0678 e. The molecule has 2 unspecified atom stereocenters. The van der Waals surface area contributed by atoms with Crippen LogP contribution in [0.1, 0.15) is 61.3 Å². The number of ether oxygens (including phenoxy) is 1. The minimum absolute atomic E-state index is 0.0405. The molecule has 0 aromatic carbocycles. The van der Waals surface area contributed by atoms with Gasteiger partial charge in [-0.1, -0.05) is 20.8 Å². The lowest BCUT2D eigenvalue weighted by atomic mass is 9.75. The number of hydrogen-bond donors (Lipinski definition) is 2. The van der Waals surface area contributed by atoms with Crippen molar-refractivity contribution in [3.05, 3.63) is 0 Å². The van der Waals surface area contributed by atoms with Gasteiger partial charge < -0.3 is 4.74 Å². The Hall–Kier alpha value is -0.120. The summed E-state index contributed by atoms with van der Waals surface area (Å²) in [6, 6.07) is 0.312. The second-order valence-corrected chi connectivity index (χ2v) is 7.81. The van der Waals surface area contributed by atoms with Crippen LogP contribution in [0.4, 0.5) is 0 Å². The van der Waals surface area contributed by atoms with Gasteiger partial charge in [-0.3, -0.25) is 11.3 Å². The van der Waals surface area contributed by atoms with Gasteiger partial charge in [0.05, 0.1) is 11.2 Å². The van der Waals surface area contributed by atoms with E-state index in [-0.39, 0.29) is 16.6 Å². The number of rotatable bonds is 3. The largest absolute Gasteiger partial charge is 0.369 e. The first-order valence-corrected chi connectivity index (χ1v) is 6.63. The van der Waals surface area contributed by atoms with Crippen LogP contribution in [-0.4, -0.2) is 17.2 Å². The summed E-state index contributed by atoms with van der Waals surface area (Å²) in [5.41, 5.74) is 3.15. The standard InChI is InChI=1S/C14H30N2O/c1-12(2,3)9-11(16-15)10-8-13(4,5)17-14(10,6)7/h10-11,16H,8-9,15H2,1-7H3. The Morgan fingerprint density at radius 3 is 2.12 bits per heavy atom. The predicted molar refractivity (Wildman–Crippen MR) is 72.5 cm³/mol. The molecule has 17 heavy (non-hydrogen) atoms. The van der Waals surface area contributed by atoms with Gasteiger partial charge in [-0.05, 0) is 46.0 Å². The van der Waals surface area contributed by atoms with E-state index in [4.69, 9.17) is 10.6 Å². The molecule has 0 aromatic heterocycles. The third-order valence-corrected chi connectivity index (χ3v) is 3.68. The fourth-order valence-electron chi connectivity index (χ4n) is 3.21. The maximum atomic E-state index is 6.15. The first kappa shape index (κ1) is 14.9. The Bertz CT molecular complexity index is 266. The maximum Gasteiger partial charge on any atom is 0.0678 e. The van der Waals surface area contributed by atoms with Crippen LogP contribution in [0.5, 0.6) is 0 Å². The highest BCUT2D eigenvalue weighted by Gasteiger charge is 2.49. The summed E-state index contributed by atoms with van der Waals surface area (Å²) in [4.78, 5) is 0. The second-order valence-electron chi connectivity index (χ2n) is 7.81. The number of hydrazine groups is 1. The molecule has 0 radical (unpaired) electrons. The van der Waals surface area contributed by atoms with Crippen molar-refractivity contribution in [3.63, 3.8) is 0 Å². The highest BCUT2D eigenvalue weighted by molar-refractivity contribution is 4.99. The van der Waals surface area contributed by atoms with Gasteiger partial charge in [-0.15, -0.1) is 0 Å². The van der Waals surface area contributed by atoms with Crippen molar-refractivity contribution >= 4 is 0 Å². The summed E-state index contributed by atoms with van der Waals surface area (Å²) >= 11 is 0. The molecule has 0 bridgehead atoms. The van der Waals surface area contributed by atoms with Crippen LogP contribution in [0.2, 0.25) is 0 Å². The van der Waals surface area contributed by atoms with Crippen LogP contribution < -0.4 is 11.3 Å². The van der Waals surface area contributed by atoms with E-state index in [0.29, 0.717) is 12.0 Å². The minimum atomic E-state index is -0.105. The monoisotopic (exact) mass is 242 g/mol. The van der Waals surface area contributed by atoms with Gasteiger partial charge in [0.1, 0.15) is 0 Å². The van der Waals surface area contributed by atoms with Crippen LogP contribution in [0.3, 0.4) is 0 Å². The molecule has 1 aliphatic heterocycles. The van der Waals surface area contributed by atoms with E-state index < -0.39 is 0 Å². The number of nitrogens with two attached hydrogens (primary N) is 1. The molecular formula is C14H30N2O. The molecule has 0 amide bonds. The molecule has 0 aliphatic carbocycles. The summed E-state index contributed by atoms with van der Waals surface area (Å²) < 4.78 is 6.15. The van der Waals surface area contributed by atoms with Crippen LogP contribution in [0.25, 0.3) is 0 Å². The van der Waals surface area contributed by atoms with Gasteiger partial charge in [0.25, 0.3) is 0 Å². The van der Waals surface area contributed by atoms with Crippen molar-refractivity contribution in [1.29, 1.82) is 0 Å². The molecule has 0 spiro atoms. The normalized spacial score (nSPS) is 29.3. The van der Waals surface area contributed by atoms with Gasteiger partial charge in [-0.2, -0.15) is 0 Å². The third-order valence-electron chi connectivity index (χ3n) is 3.68. The lowest BCUT2D eigenvalue weighted by Crippen LogP contribution is -2.48. The molecule has 1 fully saturated rings. The second kappa shape index (κ2) is 4.52. The summed E-state index contributed by atoms with van der Waals surface area (Å²) in [5, 5.41) is 0. The Labute approximate surface area is 106 Å². The summed E-state index contributed by atoms with van der Waals surface area (Å²) in [5.74, 6) is 6.22. The molecule has 3 heteroatoms. The minimum Gasteiger partial charge on any atom is -0.369 e. The van der Waals surface area contributed by atoms with E-state index in [1.54, 1.807) is 0 Å². The zero-order valence-corrected chi connectivity index (χ0v) is 12.6. The summed E-state index contributed by atoms with van der Waals surface area (Å²) in [6.45, 7) is 15.5. The lowest BCUT2D eigenvalue weighted by Gasteiger charge is -2.35. The van der Waals surface area contributed by atoms with E-state index in [2.05, 4.69) is 53.9 Å². The van der Waals surface area contributed by atoms with E-state index in [9.17, 15) is 0 Å². The predicted octanol–water partition coefficient (Wildman–Crippen LogP) is 2.85. The van der Waals surface area contributed by atoms with Crippen molar-refractivity contribution in [3.8, 4) is 0 Å². The molecule has 1 rings (SSSR count). The van der Waals surface area contributed by atoms with Crippen molar-refractivity contribution in [2.75, 3.05) is 0 Å². The zero-order chi connectivity index (χ0) is 13.5. The van der Waals surface area contributed by atoms with Crippen LogP contribution >= 0.6 is 0 Å². The number of nitrogens with one attached hydrogen (secondary N) is 1. The highest BCUT2D eigenvalue weighted by atomic mass is 16.5. The Kier molecular flexibility index (Phi) is 3.98. The van der Waals surface area contributed by atoms with Gasteiger partial charge in [0.2, 0.25) is 0 Å². The Morgan fingerprint density at radius 1 is 1.29 bits per heavy atom.